The summed E-state index contributed by atoms with van der Waals surface area (Å²) in [4.78, 5) is 11.9. The van der Waals surface area contributed by atoms with Gasteiger partial charge in [0.15, 0.2) is 0 Å². The summed E-state index contributed by atoms with van der Waals surface area (Å²) in [6, 6.07) is 17.1. The van der Waals surface area contributed by atoms with Gasteiger partial charge in [0.1, 0.15) is 5.52 Å². The first-order chi connectivity index (χ1) is 9.83. The third-order valence-electron chi connectivity index (χ3n) is 3.03. The maximum Gasteiger partial charge on any atom is 0.226 e. The van der Waals surface area contributed by atoms with Crippen LogP contribution in [0.15, 0.2) is 54.6 Å². The van der Waals surface area contributed by atoms with Gasteiger partial charge in [0, 0.05) is 12.1 Å². The van der Waals surface area contributed by atoms with E-state index in [1.165, 1.54) is 0 Å². The van der Waals surface area contributed by atoms with Crippen LogP contribution in [-0.4, -0.2) is 20.9 Å². The highest BCUT2D eigenvalue weighted by atomic mass is 16.1. The second-order valence-electron chi connectivity index (χ2n) is 4.47. The van der Waals surface area contributed by atoms with Gasteiger partial charge in [-0.25, -0.2) is 4.68 Å². The number of anilines is 1. The molecule has 0 aliphatic carbocycles. The Kier molecular flexibility index (Phi) is 3.41. The van der Waals surface area contributed by atoms with Crippen molar-refractivity contribution in [2.24, 2.45) is 0 Å². The van der Waals surface area contributed by atoms with Gasteiger partial charge in [0.05, 0.1) is 12.1 Å². The minimum atomic E-state index is -0.0317. The van der Waals surface area contributed by atoms with Crippen molar-refractivity contribution < 1.29 is 4.79 Å². The number of benzene rings is 2. The first-order valence-corrected chi connectivity index (χ1v) is 6.46. The SMILES string of the molecule is O=C(CCn1nnc2ccccc21)Nc1ccccc1. The molecule has 5 nitrogen and oxygen atoms in total. The molecule has 20 heavy (non-hydrogen) atoms. The molecule has 3 rings (SSSR count). The molecular formula is C15H14N4O. The van der Waals surface area contributed by atoms with Crippen LogP contribution in [0.4, 0.5) is 5.69 Å². The van der Waals surface area contributed by atoms with Crippen molar-refractivity contribution in [1.82, 2.24) is 15.0 Å². The van der Waals surface area contributed by atoms with Gasteiger partial charge >= 0.3 is 0 Å². The first-order valence-electron chi connectivity index (χ1n) is 6.46. The lowest BCUT2D eigenvalue weighted by molar-refractivity contribution is -0.116. The number of rotatable bonds is 4. The molecule has 1 heterocycles. The number of hydrogen-bond donors (Lipinski definition) is 1. The van der Waals surface area contributed by atoms with Gasteiger partial charge in [0.2, 0.25) is 5.91 Å². The summed E-state index contributed by atoms with van der Waals surface area (Å²) in [5.74, 6) is -0.0317. The minimum Gasteiger partial charge on any atom is -0.326 e. The molecule has 1 aromatic heterocycles. The molecule has 3 aromatic rings. The Bertz CT molecular complexity index is 721. The van der Waals surface area contributed by atoms with Crippen molar-refractivity contribution in [3.05, 3.63) is 54.6 Å². The number of aromatic nitrogens is 3. The predicted molar refractivity (Wildman–Crippen MR) is 77.2 cm³/mol. The minimum absolute atomic E-state index is 0.0317. The predicted octanol–water partition coefficient (Wildman–Crippen LogP) is 2.46. The van der Waals surface area contributed by atoms with Crippen LogP contribution < -0.4 is 5.32 Å². The summed E-state index contributed by atoms with van der Waals surface area (Å²) in [7, 11) is 0. The van der Waals surface area contributed by atoms with E-state index in [1.807, 2.05) is 54.6 Å². The molecule has 0 fully saturated rings. The number of carbonyl (C=O) groups excluding carboxylic acids is 1. The van der Waals surface area contributed by atoms with Crippen LogP contribution in [0.2, 0.25) is 0 Å². The number of carbonyl (C=O) groups is 1. The van der Waals surface area contributed by atoms with E-state index in [4.69, 9.17) is 0 Å². The van der Waals surface area contributed by atoms with Crippen molar-refractivity contribution in [3.8, 4) is 0 Å². The fraction of sp³-hybridized carbons (Fsp3) is 0.133. The Hall–Kier alpha value is -2.69. The number of nitrogens with zero attached hydrogens (tertiary/aromatic N) is 3. The van der Waals surface area contributed by atoms with E-state index >= 15 is 0 Å². The Morgan fingerprint density at radius 3 is 2.65 bits per heavy atom. The maximum absolute atomic E-state index is 11.9. The average Bonchev–Trinajstić information content (AvgIpc) is 2.89. The Labute approximate surface area is 116 Å². The summed E-state index contributed by atoms with van der Waals surface area (Å²) in [5.41, 5.74) is 2.59. The summed E-state index contributed by atoms with van der Waals surface area (Å²) in [5, 5.41) is 11.0. The van der Waals surface area contributed by atoms with E-state index < -0.39 is 0 Å². The lowest BCUT2D eigenvalue weighted by Gasteiger charge is -2.05. The number of para-hydroxylation sites is 2. The van der Waals surface area contributed by atoms with Gasteiger partial charge in [-0.1, -0.05) is 35.5 Å². The molecule has 0 saturated heterocycles. The second-order valence-corrected chi connectivity index (χ2v) is 4.47. The molecule has 0 radical (unpaired) electrons. The fourth-order valence-corrected chi connectivity index (χ4v) is 2.03. The normalized spacial score (nSPS) is 10.6. The van der Waals surface area contributed by atoms with Gasteiger partial charge in [-0.05, 0) is 24.3 Å². The highest BCUT2D eigenvalue weighted by molar-refractivity contribution is 5.90. The quantitative estimate of drug-likeness (QED) is 0.789. The standard InChI is InChI=1S/C15H14N4O/c20-15(16-12-6-2-1-3-7-12)10-11-19-14-9-5-4-8-13(14)17-18-19/h1-9H,10-11H2,(H,16,20). The summed E-state index contributed by atoms with van der Waals surface area (Å²) in [6.07, 6.45) is 0.363. The highest BCUT2D eigenvalue weighted by Crippen LogP contribution is 2.10. The zero-order chi connectivity index (χ0) is 13.8. The van der Waals surface area contributed by atoms with Crippen molar-refractivity contribution in [1.29, 1.82) is 0 Å². The number of aryl methyl sites for hydroxylation is 1. The number of hydrogen-bond acceptors (Lipinski definition) is 3. The molecule has 5 heteroatoms. The van der Waals surface area contributed by atoms with E-state index in [-0.39, 0.29) is 5.91 Å². The number of nitrogens with one attached hydrogen (secondary N) is 1. The molecular weight excluding hydrogens is 252 g/mol. The Morgan fingerprint density at radius 1 is 1.05 bits per heavy atom. The smallest absolute Gasteiger partial charge is 0.226 e. The van der Waals surface area contributed by atoms with Crippen molar-refractivity contribution >= 4 is 22.6 Å². The van der Waals surface area contributed by atoms with Gasteiger partial charge in [-0.2, -0.15) is 0 Å². The Balaban J connectivity index is 1.63. The zero-order valence-electron chi connectivity index (χ0n) is 10.9. The molecule has 0 unspecified atom stereocenters. The summed E-state index contributed by atoms with van der Waals surface area (Å²) < 4.78 is 1.75. The highest BCUT2D eigenvalue weighted by Gasteiger charge is 2.06. The van der Waals surface area contributed by atoms with Crippen LogP contribution in [-0.2, 0) is 11.3 Å². The van der Waals surface area contributed by atoms with Crippen molar-refractivity contribution in [2.45, 2.75) is 13.0 Å². The van der Waals surface area contributed by atoms with Gasteiger partial charge in [-0.15, -0.1) is 5.10 Å². The van der Waals surface area contributed by atoms with E-state index in [9.17, 15) is 4.79 Å². The summed E-state index contributed by atoms with van der Waals surface area (Å²) >= 11 is 0. The third kappa shape index (κ3) is 2.66. The molecule has 0 atom stereocenters. The lowest BCUT2D eigenvalue weighted by Crippen LogP contribution is -2.15. The molecule has 1 amide bonds. The van der Waals surface area contributed by atoms with Gasteiger partial charge in [-0.3, -0.25) is 4.79 Å². The molecule has 0 bridgehead atoms. The topological polar surface area (TPSA) is 59.8 Å². The van der Waals surface area contributed by atoms with E-state index in [2.05, 4.69) is 15.6 Å². The molecule has 0 spiro atoms. The van der Waals surface area contributed by atoms with E-state index in [1.54, 1.807) is 4.68 Å². The molecule has 2 aromatic carbocycles. The maximum atomic E-state index is 11.9. The third-order valence-corrected chi connectivity index (χ3v) is 3.03. The largest absolute Gasteiger partial charge is 0.326 e. The van der Waals surface area contributed by atoms with Crippen molar-refractivity contribution in [2.75, 3.05) is 5.32 Å². The van der Waals surface area contributed by atoms with Crippen LogP contribution >= 0.6 is 0 Å². The van der Waals surface area contributed by atoms with Gasteiger partial charge < -0.3 is 5.32 Å². The van der Waals surface area contributed by atoms with Crippen LogP contribution in [0.1, 0.15) is 6.42 Å². The van der Waals surface area contributed by atoms with Gasteiger partial charge in [0.25, 0.3) is 0 Å². The van der Waals surface area contributed by atoms with Crippen LogP contribution in [0, 0.1) is 0 Å². The first kappa shape index (κ1) is 12.3. The molecule has 1 N–H and O–H groups in total. The van der Waals surface area contributed by atoms with E-state index in [0.717, 1.165) is 16.7 Å². The molecule has 0 saturated carbocycles. The zero-order valence-corrected chi connectivity index (χ0v) is 10.9. The second kappa shape index (κ2) is 5.52. The van der Waals surface area contributed by atoms with Crippen LogP contribution in [0.5, 0.6) is 0 Å². The van der Waals surface area contributed by atoms with Crippen LogP contribution in [0.3, 0.4) is 0 Å². The monoisotopic (exact) mass is 266 g/mol. The average molecular weight is 266 g/mol. The van der Waals surface area contributed by atoms with Crippen molar-refractivity contribution in [3.63, 3.8) is 0 Å². The lowest BCUT2D eigenvalue weighted by atomic mass is 10.3. The Morgan fingerprint density at radius 2 is 1.80 bits per heavy atom. The molecule has 100 valence electrons. The molecule has 0 aliphatic rings. The van der Waals surface area contributed by atoms with Crippen LogP contribution in [0.25, 0.3) is 11.0 Å². The number of amides is 1. The summed E-state index contributed by atoms with van der Waals surface area (Å²) in [6.45, 7) is 0.513. The molecule has 0 aliphatic heterocycles. The van der Waals surface area contributed by atoms with E-state index in [0.29, 0.717) is 13.0 Å². The number of fused-ring (bicyclic) bond motifs is 1. The fourth-order valence-electron chi connectivity index (χ4n) is 2.03.